The number of ether oxygens (including phenoxy) is 1. The predicted molar refractivity (Wildman–Crippen MR) is 82.8 cm³/mol. The summed E-state index contributed by atoms with van der Waals surface area (Å²) >= 11 is 0. The molecule has 0 radical (unpaired) electrons. The van der Waals surface area contributed by atoms with Crippen molar-refractivity contribution in [1.29, 1.82) is 0 Å². The molecule has 0 bridgehead atoms. The van der Waals surface area contributed by atoms with Gasteiger partial charge in [-0.3, -0.25) is 9.69 Å². The second kappa shape index (κ2) is 6.94. The van der Waals surface area contributed by atoms with Gasteiger partial charge in [0, 0.05) is 6.54 Å². The van der Waals surface area contributed by atoms with Crippen LogP contribution in [0.3, 0.4) is 0 Å². The Balaban J connectivity index is 2.23. The summed E-state index contributed by atoms with van der Waals surface area (Å²) in [5.41, 5.74) is 2.45. The van der Waals surface area contributed by atoms with E-state index in [2.05, 4.69) is 30.9 Å². The summed E-state index contributed by atoms with van der Waals surface area (Å²) in [6.07, 6.45) is 2.84. The zero-order valence-corrected chi connectivity index (χ0v) is 13.1. The molecule has 1 saturated heterocycles. The van der Waals surface area contributed by atoms with Crippen LogP contribution < -0.4 is 4.74 Å². The van der Waals surface area contributed by atoms with Gasteiger partial charge in [-0.15, -0.1) is 0 Å². The van der Waals surface area contributed by atoms with Gasteiger partial charge in [0.1, 0.15) is 11.8 Å². The van der Waals surface area contributed by atoms with Gasteiger partial charge in [-0.2, -0.15) is 0 Å². The van der Waals surface area contributed by atoms with Gasteiger partial charge in [0.15, 0.2) is 0 Å². The van der Waals surface area contributed by atoms with Crippen LogP contribution in [-0.4, -0.2) is 35.7 Å². The summed E-state index contributed by atoms with van der Waals surface area (Å²) in [7, 11) is 1.67. The van der Waals surface area contributed by atoms with Crippen molar-refractivity contribution in [2.24, 2.45) is 0 Å². The number of carboxylic acid groups (broad SMARTS) is 1. The molecule has 1 unspecified atom stereocenters. The van der Waals surface area contributed by atoms with E-state index in [1.165, 1.54) is 11.1 Å². The van der Waals surface area contributed by atoms with Crippen LogP contribution in [0.5, 0.6) is 5.75 Å². The highest BCUT2D eigenvalue weighted by molar-refractivity contribution is 5.73. The molecule has 1 aromatic carbocycles. The Labute approximate surface area is 126 Å². The highest BCUT2D eigenvalue weighted by Gasteiger charge is 2.28. The van der Waals surface area contributed by atoms with Crippen LogP contribution in [0.15, 0.2) is 18.2 Å². The Kier molecular flexibility index (Phi) is 5.23. The number of rotatable bonds is 5. The molecule has 0 saturated carbocycles. The molecule has 0 amide bonds. The second-order valence-corrected chi connectivity index (χ2v) is 6.04. The number of hydrogen-bond acceptors (Lipinski definition) is 3. The summed E-state index contributed by atoms with van der Waals surface area (Å²) in [5.74, 6) is 0.549. The van der Waals surface area contributed by atoms with Crippen LogP contribution in [0.2, 0.25) is 0 Å². The van der Waals surface area contributed by atoms with Crippen molar-refractivity contribution in [3.05, 3.63) is 29.3 Å². The third kappa shape index (κ3) is 3.76. The van der Waals surface area contributed by atoms with Crippen LogP contribution in [0.1, 0.15) is 50.2 Å². The first-order valence-corrected chi connectivity index (χ1v) is 7.66. The molecule has 21 heavy (non-hydrogen) atoms. The van der Waals surface area contributed by atoms with Gasteiger partial charge < -0.3 is 9.84 Å². The van der Waals surface area contributed by atoms with E-state index in [0.717, 1.165) is 31.6 Å². The van der Waals surface area contributed by atoms with E-state index < -0.39 is 5.97 Å². The summed E-state index contributed by atoms with van der Waals surface area (Å²) in [6, 6.07) is 5.75. The third-order valence-corrected chi connectivity index (χ3v) is 4.25. The van der Waals surface area contributed by atoms with Crippen LogP contribution >= 0.6 is 0 Å². The lowest BCUT2D eigenvalue weighted by molar-refractivity contribution is -0.144. The number of piperidine rings is 1. The maximum atomic E-state index is 11.4. The van der Waals surface area contributed by atoms with E-state index in [1.807, 2.05) is 6.07 Å². The van der Waals surface area contributed by atoms with Gasteiger partial charge in [-0.05, 0) is 48.6 Å². The maximum Gasteiger partial charge on any atom is 0.320 e. The quantitative estimate of drug-likeness (QED) is 0.904. The predicted octanol–water partition coefficient (Wildman–Crippen LogP) is 3.26. The van der Waals surface area contributed by atoms with Crippen molar-refractivity contribution < 1.29 is 14.6 Å². The van der Waals surface area contributed by atoms with Crippen molar-refractivity contribution in [3.63, 3.8) is 0 Å². The van der Waals surface area contributed by atoms with Crippen LogP contribution in [0.4, 0.5) is 0 Å². The summed E-state index contributed by atoms with van der Waals surface area (Å²) in [6.45, 7) is 5.88. The normalized spacial score (nSPS) is 19.7. The molecule has 1 atom stereocenters. The van der Waals surface area contributed by atoms with Crippen LogP contribution in [-0.2, 0) is 11.3 Å². The fourth-order valence-electron chi connectivity index (χ4n) is 3.06. The molecular formula is C17H25NO3. The molecule has 1 aromatic rings. The molecule has 4 heteroatoms. The summed E-state index contributed by atoms with van der Waals surface area (Å²) in [5, 5.41) is 9.39. The van der Waals surface area contributed by atoms with Crippen molar-refractivity contribution >= 4 is 5.97 Å². The number of nitrogens with zero attached hydrogens (tertiary/aromatic N) is 1. The summed E-state index contributed by atoms with van der Waals surface area (Å²) < 4.78 is 5.30. The molecule has 1 aliphatic rings. The molecule has 1 N–H and O–H groups in total. The van der Waals surface area contributed by atoms with Gasteiger partial charge in [-0.1, -0.05) is 26.3 Å². The Hall–Kier alpha value is -1.55. The first kappa shape index (κ1) is 15.8. The minimum Gasteiger partial charge on any atom is -0.497 e. The van der Waals surface area contributed by atoms with Crippen molar-refractivity contribution in [2.75, 3.05) is 13.7 Å². The molecule has 1 heterocycles. The minimum absolute atomic E-state index is 0.346. The highest BCUT2D eigenvalue weighted by atomic mass is 16.5. The van der Waals surface area contributed by atoms with Crippen molar-refractivity contribution in [3.8, 4) is 5.75 Å². The first-order chi connectivity index (χ1) is 10.0. The number of carbonyl (C=O) groups is 1. The lowest BCUT2D eigenvalue weighted by atomic mass is 9.94. The summed E-state index contributed by atoms with van der Waals surface area (Å²) in [4.78, 5) is 13.5. The molecule has 1 fully saturated rings. The molecular weight excluding hydrogens is 266 g/mol. The van der Waals surface area contributed by atoms with Gasteiger partial charge in [0.2, 0.25) is 0 Å². The van der Waals surface area contributed by atoms with Crippen LogP contribution in [0, 0.1) is 0 Å². The van der Waals surface area contributed by atoms with Gasteiger partial charge in [0.25, 0.3) is 0 Å². The molecule has 1 aliphatic heterocycles. The van der Waals surface area contributed by atoms with Crippen LogP contribution in [0.25, 0.3) is 0 Å². The minimum atomic E-state index is -0.700. The zero-order chi connectivity index (χ0) is 15.4. The molecule has 0 aromatic heterocycles. The molecule has 116 valence electrons. The third-order valence-electron chi connectivity index (χ3n) is 4.25. The smallest absolute Gasteiger partial charge is 0.320 e. The Morgan fingerprint density at radius 3 is 2.81 bits per heavy atom. The largest absolute Gasteiger partial charge is 0.497 e. The van der Waals surface area contributed by atoms with Gasteiger partial charge in [-0.25, -0.2) is 0 Å². The van der Waals surface area contributed by atoms with E-state index in [0.29, 0.717) is 12.5 Å². The Bertz CT molecular complexity index is 499. The second-order valence-electron chi connectivity index (χ2n) is 6.04. The Morgan fingerprint density at radius 1 is 1.43 bits per heavy atom. The number of carboxylic acids is 1. The topological polar surface area (TPSA) is 49.8 Å². The van der Waals surface area contributed by atoms with Crippen molar-refractivity contribution in [2.45, 2.75) is 51.6 Å². The average Bonchev–Trinajstić information content (AvgIpc) is 2.47. The highest BCUT2D eigenvalue weighted by Crippen LogP contribution is 2.28. The number of likely N-dealkylation sites (tertiary alicyclic amines) is 1. The molecule has 4 nitrogen and oxygen atoms in total. The van der Waals surface area contributed by atoms with E-state index in [-0.39, 0.29) is 6.04 Å². The number of methoxy groups -OCH3 is 1. The van der Waals surface area contributed by atoms with E-state index >= 15 is 0 Å². The molecule has 0 spiro atoms. The first-order valence-electron chi connectivity index (χ1n) is 7.66. The number of aliphatic carboxylic acids is 1. The van der Waals surface area contributed by atoms with E-state index in [1.54, 1.807) is 7.11 Å². The number of hydrogen-bond donors (Lipinski definition) is 1. The van der Waals surface area contributed by atoms with E-state index in [9.17, 15) is 9.90 Å². The SMILES string of the molecule is COc1ccc(CN2CCCCC2C(=O)O)c(C(C)C)c1. The average molecular weight is 291 g/mol. The van der Waals surface area contributed by atoms with E-state index in [4.69, 9.17) is 4.74 Å². The van der Waals surface area contributed by atoms with Crippen molar-refractivity contribution in [1.82, 2.24) is 4.90 Å². The van der Waals surface area contributed by atoms with Gasteiger partial charge >= 0.3 is 5.97 Å². The number of benzene rings is 1. The Morgan fingerprint density at radius 2 is 2.19 bits per heavy atom. The monoisotopic (exact) mass is 291 g/mol. The molecule has 2 rings (SSSR count). The zero-order valence-electron chi connectivity index (χ0n) is 13.1. The van der Waals surface area contributed by atoms with Gasteiger partial charge in [0.05, 0.1) is 7.11 Å². The molecule has 0 aliphatic carbocycles. The fraction of sp³-hybridized carbons (Fsp3) is 0.588. The lowest BCUT2D eigenvalue weighted by Gasteiger charge is -2.33. The fourth-order valence-corrected chi connectivity index (χ4v) is 3.06. The lowest BCUT2D eigenvalue weighted by Crippen LogP contribution is -2.44. The standard InChI is InChI=1S/C17H25NO3/c1-12(2)15-10-14(21-3)8-7-13(15)11-18-9-5-4-6-16(18)17(19)20/h7-8,10,12,16H,4-6,9,11H2,1-3H3,(H,19,20). The maximum absolute atomic E-state index is 11.4.